The van der Waals surface area contributed by atoms with Crippen molar-refractivity contribution in [3.8, 4) is 21.7 Å². The highest BCUT2D eigenvalue weighted by Gasteiger charge is 2.14. The number of halogens is 1. The highest BCUT2D eigenvalue weighted by atomic mass is 32.1. The summed E-state index contributed by atoms with van der Waals surface area (Å²) < 4.78 is 16.8. The summed E-state index contributed by atoms with van der Waals surface area (Å²) in [6.45, 7) is 1.52. The van der Waals surface area contributed by atoms with E-state index in [4.69, 9.17) is 5.53 Å². The Morgan fingerprint density at radius 1 is 1.14 bits per heavy atom. The molecule has 0 aliphatic carbocycles. The largest absolute Gasteiger partial charge is 0.352 e. The van der Waals surface area contributed by atoms with Gasteiger partial charge in [-0.25, -0.2) is 15.0 Å². The first-order valence-corrected chi connectivity index (χ1v) is 11.6. The average Bonchev–Trinajstić information content (AvgIpc) is 3.55. The summed E-state index contributed by atoms with van der Waals surface area (Å²) in [6.07, 6.45) is 7.13. The minimum absolute atomic E-state index is 0.274. The number of anilines is 1. The van der Waals surface area contributed by atoms with Crippen LogP contribution in [0.2, 0.25) is 0 Å². The maximum Gasteiger partial charge on any atom is 0.223 e. The van der Waals surface area contributed by atoms with Crippen molar-refractivity contribution in [3.63, 3.8) is 0 Å². The number of hydrogen-bond donors (Lipinski definition) is 1. The molecule has 0 aliphatic rings. The molecule has 0 fully saturated rings. The quantitative estimate of drug-likeness (QED) is 0.133. The minimum Gasteiger partial charge on any atom is -0.352 e. The van der Waals surface area contributed by atoms with E-state index in [1.54, 1.807) is 34.6 Å². The molecule has 0 saturated carbocycles. The molecule has 4 heterocycles. The molecule has 0 spiro atoms. The third kappa shape index (κ3) is 5.08. The molecule has 1 N–H and O–H groups in total. The summed E-state index contributed by atoms with van der Waals surface area (Å²) in [6, 6.07) is 11.3. The first-order chi connectivity index (χ1) is 17.2. The van der Waals surface area contributed by atoms with Gasteiger partial charge in [0, 0.05) is 47.4 Å². The molecule has 12 heteroatoms. The first-order valence-electron chi connectivity index (χ1n) is 10.8. The summed E-state index contributed by atoms with van der Waals surface area (Å²) in [5.41, 5.74) is 11.9. The third-order valence-corrected chi connectivity index (χ3v) is 6.54. The van der Waals surface area contributed by atoms with Crippen molar-refractivity contribution >= 4 is 27.4 Å². The number of benzene rings is 1. The van der Waals surface area contributed by atoms with Gasteiger partial charge in [0.1, 0.15) is 0 Å². The standard InChI is InChI=1S/C23H19FN10S/c24-21-13-18(16(14-28-21)4-7-29-32-25)17-3-1-2-15-12-20(35-22(15)17)19-5-6-26-23(31-19)27-8-10-34-11-9-30-33-34/h1-3,5-6,9,11-14H,4,7-8,10H2,(H,26,27,31). The highest BCUT2D eigenvalue weighted by molar-refractivity contribution is 7.22. The molecule has 0 amide bonds. The van der Waals surface area contributed by atoms with Crippen LogP contribution in [-0.4, -0.2) is 43.0 Å². The maximum absolute atomic E-state index is 14.1. The van der Waals surface area contributed by atoms with E-state index < -0.39 is 5.95 Å². The molecule has 0 bridgehead atoms. The summed E-state index contributed by atoms with van der Waals surface area (Å²) in [5.74, 6) is -0.0319. The molecular formula is C23H19FN10S. The Labute approximate surface area is 203 Å². The summed E-state index contributed by atoms with van der Waals surface area (Å²) in [5, 5.41) is 15.6. The maximum atomic E-state index is 14.1. The van der Waals surface area contributed by atoms with E-state index in [1.165, 1.54) is 12.3 Å². The second-order valence-corrected chi connectivity index (χ2v) is 8.61. The van der Waals surface area contributed by atoms with Crippen molar-refractivity contribution in [1.82, 2.24) is 29.9 Å². The third-order valence-electron chi connectivity index (χ3n) is 5.34. The van der Waals surface area contributed by atoms with Gasteiger partial charge in [0.05, 0.1) is 23.3 Å². The van der Waals surface area contributed by atoms with Gasteiger partial charge in [0.25, 0.3) is 0 Å². The van der Waals surface area contributed by atoms with Gasteiger partial charge in [-0.1, -0.05) is 28.5 Å². The lowest BCUT2D eigenvalue weighted by Crippen LogP contribution is -2.12. The molecule has 5 aromatic rings. The smallest absolute Gasteiger partial charge is 0.223 e. The van der Waals surface area contributed by atoms with Gasteiger partial charge >= 0.3 is 0 Å². The normalized spacial score (nSPS) is 10.9. The molecule has 0 unspecified atom stereocenters. The van der Waals surface area contributed by atoms with E-state index in [-0.39, 0.29) is 6.54 Å². The van der Waals surface area contributed by atoms with E-state index in [0.717, 1.165) is 37.3 Å². The van der Waals surface area contributed by atoms with Crippen LogP contribution in [0, 0.1) is 5.95 Å². The van der Waals surface area contributed by atoms with E-state index in [2.05, 4.69) is 46.7 Å². The molecule has 35 heavy (non-hydrogen) atoms. The lowest BCUT2D eigenvalue weighted by Gasteiger charge is -2.09. The van der Waals surface area contributed by atoms with Crippen LogP contribution in [0.25, 0.3) is 42.2 Å². The van der Waals surface area contributed by atoms with Crippen LogP contribution in [0.4, 0.5) is 10.3 Å². The van der Waals surface area contributed by atoms with Gasteiger partial charge in [-0.15, -0.1) is 16.4 Å². The second-order valence-electron chi connectivity index (χ2n) is 7.56. The Morgan fingerprint density at radius 2 is 2.09 bits per heavy atom. The summed E-state index contributed by atoms with van der Waals surface area (Å²) >= 11 is 1.58. The molecule has 5 rings (SSSR count). The van der Waals surface area contributed by atoms with Crippen LogP contribution in [-0.2, 0) is 13.0 Å². The zero-order valence-electron chi connectivity index (χ0n) is 18.4. The fourth-order valence-corrected chi connectivity index (χ4v) is 4.90. The number of fused-ring (bicyclic) bond motifs is 1. The molecule has 0 atom stereocenters. The predicted molar refractivity (Wildman–Crippen MR) is 132 cm³/mol. The fourth-order valence-electron chi connectivity index (χ4n) is 3.74. The van der Waals surface area contributed by atoms with E-state index in [1.807, 2.05) is 24.3 Å². The van der Waals surface area contributed by atoms with Gasteiger partial charge < -0.3 is 5.32 Å². The van der Waals surface area contributed by atoms with Crippen molar-refractivity contribution in [1.29, 1.82) is 0 Å². The van der Waals surface area contributed by atoms with Gasteiger partial charge in [-0.2, -0.15) is 4.39 Å². The molecule has 174 valence electrons. The van der Waals surface area contributed by atoms with Crippen molar-refractivity contribution < 1.29 is 4.39 Å². The predicted octanol–water partition coefficient (Wildman–Crippen LogP) is 5.12. The highest BCUT2D eigenvalue weighted by Crippen LogP contribution is 2.40. The number of azide groups is 1. The van der Waals surface area contributed by atoms with Crippen LogP contribution in [0.1, 0.15) is 5.56 Å². The molecule has 0 aliphatic heterocycles. The Bertz CT molecular complexity index is 1510. The van der Waals surface area contributed by atoms with E-state index in [0.29, 0.717) is 25.5 Å². The van der Waals surface area contributed by atoms with Crippen molar-refractivity contribution in [2.45, 2.75) is 13.0 Å². The Balaban J connectivity index is 1.45. The number of thiophene rings is 1. The van der Waals surface area contributed by atoms with Crippen molar-refractivity contribution in [2.75, 3.05) is 18.4 Å². The molecular weight excluding hydrogens is 467 g/mol. The fraction of sp³-hybridized carbons (Fsp3) is 0.174. The topological polar surface area (TPSA) is 130 Å². The Kier molecular flexibility index (Phi) is 6.55. The van der Waals surface area contributed by atoms with E-state index >= 15 is 0 Å². The van der Waals surface area contributed by atoms with Gasteiger partial charge in [0.15, 0.2) is 0 Å². The van der Waals surface area contributed by atoms with Crippen LogP contribution >= 0.6 is 11.3 Å². The van der Waals surface area contributed by atoms with Gasteiger partial charge in [0.2, 0.25) is 11.9 Å². The summed E-state index contributed by atoms with van der Waals surface area (Å²) in [4.78, 5) is 16.6. The number of nitrogens with zero attached hydrogens (tertiary/aromatic N) is 9. The zero-order chi connectivity index (χ0) is 24.0. The Hall–Kier alpha value is -4.41. The number of hydrogen-bond acceptors (Lipinski definition) is 8. The number of aromatic nitrogens is 6. The lowest BCUT2D eigenvalue weighted by molar-refractivity contribution is 0.583. The van der Waals surface area contributed by atoms with Gasteiger partial charge in [-0.3, -0.25) is 4.68 Å². The molecule has 0 saturated heterocycles. The average molecular weight is 487 g/mol. The monoisotopic (exact) mass is 486 g/mol. The van der Waals surface area contributed by atoms with Crippen molar-refractivity contribution in [3.05, 3.63) is 83.1 Å². The van der Waals surface area contributed by atoms with Crippen LogP contribution in [0.5, 0.6) is 0 Å². The van der Waals surface area contributed by atoms with Crippen LogP contribution in [0.15, 0.2) is 66.3 Å². The lowest BCUT2D eigenvalue weighted by atomic mass is 9.98. The number of nitrogens with one attached hydrogen (secondary N) is 1. The van der Waals surface area contributed by atoms with Gasteiger partial charge in [-0.05, 0) is 46.2 Å². The molecule has 0 radical (unpaired) electrons. The zero-order valence-corrected chi connectivity index (χ0v) is 19.2. The Morgan fingerprint density at radius 3 is 2.94 bits per heavy atom. The first kappa shape index (κ1) is 22.4. The van der Waals surface area contributed by atoms with E-state index in [9.17, 15) is 4.39 Å². The molecule has 10 nitrogen and oxygen atoms in total. The van der Waals surface area contributed by atoms with Crippen LogP contribution in [0.3, 0.4) is 0 Å². The molecule has 1 aromatic carbocycles. The number of rotatable bonds is 9. The van der Waals surface area contributed by atoms with Crippen molar-refractivity contribution in [2.24, 2.45) is 5.11 Å². The molecule has 4 aromatic heterocycles. The minimum atomic E-state index is -0.557. The SMILES string of the molecule is [N-]=[N+]=NCCc1cnc(F)cc1-c1cccc2cc(-c3ccnc(NCCn4ccnn4)n3)sc12. The van der Waals surface area contributed by atoms with Crippen LogP contribution < -0.4 is 5.32 Å². The summed E-state index contributed by atoms with van der Waals surface area (Å²) in [7, 11) is 0. The second kappa shape index (κ2) is 10.2. The number of pyridine rings is 1.